The molecule has 0 saturated heterocycles. The highest BCUT2D eigenvalue weighted by Gasteiger charge is 2.24. The van der Waals surface area contributed by atoms with E-state index in [1.807, 2.05) is 63.7 Å². The van der Waals surface area contributed by atoms with Crippen molar-refractivity contribution in [2.45, 2.75) is 39.1 Å². The normalized spacial score (nSPS) is 14.8. The minimum absolute atomic E-state index is 0.0511. The first-order chi connectivity index (χ1) is 13.2. The number of carbonyl (C=O) groups is 1. The van der Waals surface area contributed by atoms with Crippen LogP contribution in [0, 0.1) is 0 Å². The Morgan fingerprint density at radius 3 is 2.85 bits per heavy atom. The molecule has 1 aliphatic heterocycles. The zero-order valence-corrected chi connectivity index (χ0v) is 15.3. The highest BCUT2D eigenvalue weighted by atomic mass is 16.3. The molecule has 3 heterocycles. The van der Waals surface area contributed by atoms with E-state index in [4.69, 9.17) is 0 Å². The van der Waals surface area contributed by atoms with E-state index in [0.717, 1.165) is 17.1 Å². The van der Waals surface area contributed by atoms with Gasteiger partial charge in [0, 0.05) is 24.5 Å². The Morgan fingerprint density at radius 2 is 2.07 bits per heavy atom. The third-order valence-corrected chi connectivity index (χ3v) is 4.95. The molecule has 0 spiro atoms. The third kappa shape index (κ3) is 3.50. The van der Waals surface area contributed by atoms with Gasteiger partial charge in [-0.15, -0.1) is 0 Å². The monoisotopic (exact) mass is 365 g/mol. The quantitative estimate of drug-likeness (QED) is 0.752. The van der Waals surface area contributed by atoms with Crippen molar-refractivity contribution in [2.24, 2.45) is 0 Å². The molecule has 7 heteroatoms. The maximum atomic E-state index is 12.9. The molecule has 0 aliphatic carbocycles. The number of amides is 1. The molecule has 1 unspecified atom stereocenters. The van der Waals surface area contributed by atoms with Crippen LogP contribution in [0.4, 0.5) is 0 Å². The Balaban J connectivity index is 1.48. The van der Waals surface area contributed by atoms with Gasteiger partial charge in [-0.05, 0) is 12.5 Å². The molecule has 1 aromatic carbocycles. The molecule has 140 valence electrons. The van der Waals surface area contributed by atoms with Gasteiger partial charge in [-0.3, -0.25) is 9.48 Å². The van der Waals surface area contributed by atoms with Crippen LogP contribution < -0.4 is 0 Å². The van der Waals surface area contributed by atoms with Crippen LogP contribution in [-0.4, -0.2) is 41.8 Å². The first-order valence-corrected chi connectivity index (χ1v) is 9.24. The number of aromatic nitrogens is 4. The van der Waals surface area contributed by atoms with E-state index in [2.05, 4.69) is 10.1 Å². The molecule has 0 saturated carbocycles. The number of nitrogens with zero attached hydrogens (tertiary/aromatic N) is 5. The van der Waals surface area contributed by atoms with Crippen molar-refractivity contribution in [3.05, 3.63) is 60.2 Å². The molecule has 0 bridgehead atoms. The second-order valence-corrected chi connectivity index (χ2v) is 6.77. The summed E-state index contributed by atoms with van der Waals surface area (Å²) in [6, 6.07) is 11.8. The fourth-order valence-electron chi connectivity index (χ4n) is 3.40. The van der Waals surface area contributed by atoms with Crippen LogP contribution in [-0.2, 0) is 24.4 Å². The van der Waals surface area contributed by atoms with Crippen molar-refractivity contribution in [3.8, 4) is 11.4 Å². The topological polar surface area (TPSA) is 76.2 Å². The summed E-state index contributed by atoms with van der Waals surface area (Å²) < 4.78 is 3.78. The van der Waals surface area contributed by atoms with Crippen molar-refractivity contribution in [1.82, 2.24) is 24.2 Å². The molecule has 0 radical (unpaired) electrons. The summed E-state index contributed by atoms with van der Waals surface area (Å²) in [5.41, 5.74) is 2.64. The number of hydrogen-bond acceptors (Lipinski definition) is 4. The molecule has 2 aromatic heterocycles. The van der Waals surface area contributed by atoms with Gasteiger partial charge in [-0.25, -0.2) is 4.98 Å². The molecule has 1 N–H and O–H groups in total. The van der Waals surface area contributed by atoms with Crippen LogP contribution in [0.15, 0.2) is 48.8 Å². The largest absolute Gasteiger partial charge is 0.387 e. The van der Waals surface area contributed by atoms with Crippen molar-refractivity contribution in [3.63, 3.8) is 0 Å². The van der Waals surface area contributed by atoms with Crippen LogP contribution in [0.1, 0.15) is 30.8 Å². The first kappa shape index (κ1) is 17.5. The smallest absolute Gasteiger partial charge is 0.242 e. The van der Waals surface area contributed by atoms with Gasteiger partial charge in [-0.1, -0.05) is 37.3 Å². The molecule has 3 aromatic rings. The molecule has 1 aliphatic rings. The van der Waals surface area contributed by atoms with Crippen molar-refractivity contribution >= 4 is 5.91 Å². The molecule has 0 fully saturated rings. The zero-order valence-electron chi connectivity index (χ0n) is 15.3. The van der Waals surface area contributed by atoms with Gasteiger partial charge in [0.2, 0.25) is 5.91 Å². The number of carbonyl (C=O) groups excluding carboxylic acids is 1. The van der Waals surface area contributed by atoms with Crippen LogP contribution in [0.5, 0.6) is 0 Å². The van der Waals surface area contributed by atoms with Crippen LogP contribution in [0.2, 0.25) is 0 Å². The summed E-state index contributed by atoms with van der Waals surface area (Å²) in [4.78, 5) is 19.1. The van der Waals surface area contributed by atoms with E-state index < -0.39 is 6.10 Å². The summed E-state index contributed by atoms with van der Waals surface area (Å²) in [7, 11) is 0. The second-order valence-electron chi connectivity index (χ2n) is 6.77. The predicted octanol–water partition coefficient (Wildman–Crippen LogP) is 2.23. The molecule has 7 nitrogen and oxygen atoms in total. The number of benzene rings is 1. The van der Waals surface area contributed by atoms with Gasteiger partial charge < -0.3 is 14.6 Å². The number of hydrogen-bond donors (Lipinski definition) is 1. The fraction of sp³-hybridized carbons (Fsp3) is 0.350. The predicted molar refractivity (Wildman–Crippen MR) is 101 cm³/mol. The lowest BCUT2D eigenvalue weighted by atomic mass is 10.2. The summed E-state index contributed by atoms with van der Waals surface area (Å²) in [5.74, 6) is 0.842. The number of aliphatic hydroxyl groups is 1. The van der Waals surface area contributed by atoms with Crippen LogP contribution >= 0.6 is 0 Å². The Morgan fingerprint density at radius 1 is 1.26 bits per heavy atom. The maximum absolute atomic E-state index is 12.9. The standard InChI is InChI=1S/C20H23N5O2/c1-2-18(26)17-12-16-13-23(10-11-25(16)22-17)19(27)14-24-9-8-21-20(24)15-6-4-3-5-7-15/h3-9,12,18,26H,2,10-11,13-14H2,1H3. The number of aliphatic hydroxyl groups excluding tert-OH is 1. The summed E-state index contributed by atoms with van der Waals surface area (Å²) >= 11 is 0. The Labute approximate surface area is 157 Å². The molecule has 1 atom stereocenters. The summed E-state index contributed by atoms with van der Waals surface area (Å²) in [5, 5.41) is 14.5. The molecular weight excluding hydrogens is 342 g/mol. The molecule has 4 rings (SSSR count). The van der Waals surface area contributed by atoms with Gasteiger partial charge in [-0.2, -0.15) is 5.10 Å². The van der Waals surface area contributed by atoms with E-state index >= 15 is 0 Å². The first-order valence-electron chi connectivity index (χ1n) is 9.24. The SMILES string of the molecule is CCC(O)c1cc2n(n1)CCN(C(=O)Cn1ccnc1-c1ccccc1)C2. The van der Waals surface area contributed by atoms with Gasteiger partial charge in [0.25, 0.3) is 0 Å². The van der Waals surface area contributed by atoms with Crippen molar-refractivity contribution < 1.29 is 9.90 Å². The number of rotatable bonds is 5. The van der Waals surface area contributed by atoms with Crippen LogP contribution in [0.3, 0.4) is 0 Å². The Kier molecular flexibility index (Phi) is 4.77. The van der Waals surface area contributed by atoms with Crippen molar-refractivity contribution in [2.75, 3.05) is 6.54 Å². The minimum atomic E-state index is -0.549. The molecule has 1 amide bonds. The third-order valence-electron chi connectivity index (χ3n) is 4.95. The van der Waals surface area contributed by atoms with Gasteiger partial charge in [0.1, 0.15) is 12.4 Å². The summed E-state index contributed by atoms with van der Waals surface area (Å²) in [6.45, 7) is 3.95. The average molecular weight is 365 g/mol. The maximum Gasteiger partial charge on any atom is 0.242 e. The van der Waals surface area contributed by atoms with E-state index in [1.54, 1.807) is 6.20 Å². The highest BCUT2D eigenvalue weighted by molar-refractivity contribution is 5.77. The highest BCUT2D eigenvalue weighted by Crippen LogP contribution is 2.21. The lowest BCUT2D eigenvalue weighted by molar-refractivity contribution is -0.133. The Hall–Kier alpha value is -2.93. The van der Waals surface area contributed by atoms with Gasteiger partial charge in [0.15, 0.2) is 0 Å². The van der Waals surface area contributed by atoms with Gasteiger partial charge in [0.05, 0.1) is 30.6 Å². The fourth-order valence-corrected chi connectivity index (χ4v) is 3.40. The molecule has 27 heavy (non-hydrogen) atoms. The van der Waals surface area contributed by atoms with E-state index in [0.29, 0.717) is 31.7 Å². The van der Waals surface area contributed by atoms with Crippen molar-refractivity contribution in [1.29, 1.82) is 0 Å². The van der Waals surface area contributed by atoms with E-state index in [-0.39, 0.29) is 12.5 Å². The second kappa shape index (κ2) is 7.36. The average Bonchev–Trinajstić information content (AvgIpc) is 3.34. The molecular formula is C20H23N5O2. The van der Waals surface area contributed by atoms with Gasteiger partial charge >= 0.3 is 0 Å². The van der Waals surface area contributed by atoms with Crippen LogP contribution in [0.25, 0.3) is 11.4 Å². The number of imidazole rings is 1. The lowest BCUT2D eigenvalue weighted by Crippen LogP contribution is -2.40. The zero-order chi connectivity index (χ0) is 18.8. The minimum Gasteiger partial charge on any atom is -0.387 e. The van der Waals surface area contributed by atoms with E-state index in [1.165, 1.54) is 0 Å². The number of fused-ring (bicyclic) bond motifs is 1. The Bertz CT molecular complexity index is 931. The summed E-state index contributed by atoms with van der Waals surface area (Å²) in [6.07, 6.45) is 3.64. The van der Waals surface area contributed by atoms with E-state index in [9.17, 15) is 9.90 Å². The lowest BCUT2D eigenvalue weighted by Gasteiger charge is -2.28.